The molecule has 0 aliphatic heterocycles. The van der Waals surface area contributed by atoms with Gasteiger partial charge in [-0.3, -0.25) is 9.59 Å². The highest BCUT2D eigenvalue weighted by molar-refractivity contribution is 7.11. The molecule has 0 aromatic carbocycles. The Morgan fingerprint density at radius 2 is 1.70 bits per heavy atom. The smallest absolute Gasteiger partial charge is 0.303 e. The molecule has 2 heterocycles. The Hall–Kier alpha value is -1.70. The molecular weight excluding hydrogens is 334 g/mol. The minimum absolute atomic E-state index is 0.00243. The van der Waals surface area contributed by atoms with Crippen LogP contribution in [0, 0.1) is 0 Å². The number of hydrogen-bond acceptors (Lipinski definition) is 6. The van der Waals surface area contributed by atoms with Crippen molar-refractivity contribution in [3.63, 3.8) is 0 Å². The molecule has 124 valence electrons. The van der Waals surface area contributed by atoms with Crippen molar-refractivity contribution in [1.29, 1.82) is 0 Å². The number of ether oxygens (including phenoxy) is 1. The summed E-state index contributed by atoms with van der Waals surface area (Å²) in [6, 6.07) is 7.36. The second-order valence-corrected chi connectivity index (χ2v) is 7.50. The van der Waals surface area contributed by atoms with Gasteiger partial charge in [-0.15, -0.1) is 22.7 Å². The lowest BCUT2D eigenvalue weighted by Gasteiger charge is -2.29. The van der Waals surface area contributed by atoms with Gasteiger partial charge in [0.15, 0.2) is 5.60 Å². The van der Waals surface area contributed by atoms with E-state index in [4.69, 9.17) is 4.74 Å². The van der Waals surface area contributed by atoms with Crippen molar-refractivity contribution in [3.05, 3.63) is 44.8 Å². The fourth-order valence-electron chi connectivity index (χ4n) is 2.15. The van der Waals surface area contributed by atoms with Crippen LogP contribution in [0.3, 0.4) is 0 Å². The van der Waals surface area contributed by atoms with Crippen LogP contribution in [0.4, 0.5) is 0 Å². The van der Waals surface area contributed by atoms with Crippen molar-refractivity contribution in [3.8, 4) is 0 Å². The fourth-order valence-corrected chi connectivity index (χ4v) is 3.89. The summed E-state index contributed by atoms with van der Waals surface area (Å²) in [6.07, 6.45) is 0. The molecule has 0 fully saturated rings. The number of esters is 1. The zero-order valence-electron chi connectivity index (χ0n) is 13.2. The molecule has 7 heteroatoms. The van der Waals surface area contributed by atoms with Crippen LogP contribution < -0.4 is 5.32 Å². The highest BCUT2D eigenvalue weighted by atomic mass is 32.1. The SMILES string of the molecule is CC(=O)OC(C)(C)C(=O)NCC(O)(c1cccs1)c1cccs1. The van der Waals surface area contributed by atoms with Crippen LogP contribution in [0.25, 0.3) is 0 Å². The third-order valence-electron chi connectivity index (χ3n) is 3.31. The number of nitrogens with one attached hydrogen (secondary N) is 1. The van der Waals surface area contributed by atoms with Crippen LogP contribution in [-0.2, 0) is 19.9 Å². The van der Waals surface area contributed by atoms with Gasteiger partial charge in [0.25, 0.3) is 5.91 Å². The zero-order chi connectivity index (χ0) is 17.1. The first kappa shape index (κ1) is 17.7. The predicted molar refractivity (Wildman–Crippen MR) is 90.5 cm³/mol. The van der Waals surface area contributed by atoms with Crippen molar-refractivity contribution in [2.75, 3.05) is 6.54 Å². The van der Waals surface area contributed by atoms with Crippen molar-refractivity contribution in [2.45, 2.75) is 32.0 Å². The van der Waals surface area contributed by atoms with Gasteiger partial charge in [0.2, 0.25) is 0 Å². The van der Waals surface area contributed by atoms with Crippen molar-refractivity contribution < 1.29 is 19.4 Å². The van der Waals surface area contributed by atoms with E-state index in [2.05, 4.69) is 5.32 Å². The number of amides is 1. The topological polar surface area (TPSA) is 75.6 Å². The van der Waals surface area contributed by atoms with Crippen LogP contribution in [0.2, 0.25) is 0 Å². The van der Waals surface area contributed by atoms with Gasteiger partial charge < -0.3 is 15.2 Å². The number of hydrogen-bond donors (Lipinski definition) is 2. The molecule has 0 radical (unpaired) electrons. The van der Waals surface area contributed by atoms with E-state index in [1.165, 1.54) is 43.4 Å². The normalized spacial score (nSPS) is 12.0. The Balaban J connectivity index is 2.18. The summed E-state index contributed by atoms with van der Waals surface area (Å²) in [4.78, 5) is 24.9. The van der Waals surface area contributed by atoms with Gasteiger partial charge in [-0.1, -0.05) is 12.1 Å². The van der Waals surface area contributed by atoms with Gasteiger partial charge in [0, 0.05) is 16.7 Å². The lowest BCUT2D eigenvalue weighted by molar-refractivity contribution is -0.163. The van der Waals surface area contributed by atoms with Gasteiger partial charge in [0.05, 0.1) is 6.54 Å². The largest absolute Gasteiger partial charge is 0.450 e. The summed E-state index contributed by atoms with van der Waals surface area (Å²) in [6.45, 7) is 4.28. The van der Waals surface area contributed by atoms with Crippen LogP contribution in [-0.4, -0.2) is 29.1 Å². The molecule has 0 aliphatic carbocycles. The van der Waals surface area contributed by atoms with Crippen LogP contribution >= 0.6 is 22.7 Å². The Bertz CT molecular complexity index is 628. The van der Waals surface area contributed by atoms with E-state index < -0.39 is 23.1 Å². The molecule has 0 atom stereocenters. The lowest BCUT2D eigenvalue weighted by Crippen LogP contribution is -2.49. The molecule has 1 amide bonds. The summed E-state index contributed by atoms with van der Waals surface area (Å²) in [7, 11) is 0. The van der Waals surface area contributed by atoms with Crippen molar-refractivity contribution in [1.82, 2.24) is 5.32 Å². The molecule has 0 saturated heterocycles. The van der Waals surface area contributed by atoms with E-state index in [9.17, 15) is 14.7 Å². The first-order valence-electron chi connectivity index (χ1n) is 7.04. The molecule has 23 heavy (non-hydrogen) atoms. The first-order chi connectivity index (χ1) is 10.8. The summed E-state index contributed by atoms with van der Waals surface area (Å²) in [5.41, 5.74) is -2.60. The summed E-state index contributed by atoms with van der Waals surface area (Å²) in [5, 5.41) is 17.6. The maximum absolute atomic E-state index is 12.3. The monoisotopic (exact) mass is 353 g/mol. The van der Waals surface area contributed by atoms with Crippen LogP contribution in [0.5, 0.6) is 0 Å². The first-order valence-corrected chi connectivity index (χ1v) is 8.80. The van der Waals surface area contributed by atoms with E-state index in [1.54, 1.807) is 0 Å². The Morgan fingerprint density at radius 3 is 2.09 bits per heavy atom. The molecule has 0 bridgehead atoms. The quantitative estimate of drug-likeness (QED) is 0.783. The standard InChI is InChI=1S/C16H19NO4S2/c1-11(18)21-15(2,3)14(19)17-10-16(20,12-6-4-8-22-12)13-7-5-9-23-13/h4-9,20H,10H2,1-3H3,(H,17,19). The minimum atomic E-state index is -1.30. The third-order valence-corrected chi connectivity index (χ3v) is 5.35. The minimum Gasteiger partial charge on any atom is -0.450 e. The number of carbonyl (C=O) groups excluding carboxylic acids is 2. The molecule has 0 unspecified atom stereocenters. The molecule has 0 saturated carbocycles. The van der Waals surface area contributed by atoms with Crippen molar-refractivity contribution >= 4 is 34.6 Å². The average Bonchev–Trinajstić information content (AvgIpc) is 3.15. The van der Waals surface area contributed by atoms with Crippen LogP contribution in [0.15, 0.2) is 35.0 Å². The van der Waals surface area contributed by atoms with E-state index in [0.717, 1.165) is 9.75 Å². The Morgan fingerprint density at radius 1 is 1.17 bits per heavy atom. The maximum atomic E-state index is 12.3. The summed E-state index contributed by atoms with van der Waals surface area (Å²) >= 11 is 2.84. The molecule has 0 aliphatic rings. The second kappa shape index (κ2) is 6.82. The third kappa shape index (κ3) is 3.99. The molecule has 5 nitrogen and oxygen atoms in total. The average molecular weight is 353 g/mol. The Kier molecular flexibility index (Phi) is 5.23. The molecular formula is C16H19NO4S2. The summed E-state index contributed by atoms with van der Waals surface area (Å²) in [5.74, 6) is -0.990. The van der Waals surface area contributed by atoms with Gasteiger partial charge in [-0.25, -0.2) is 0 Å². The highest BCUT2D eigenvalue weighted by Gasteiger charge is 2.37. The molecule has 2 rings (SSSR count). The van der Waals surface area contributed by atoms with Gasteiger partial charge in [0.1, 0.15) is 5.60 Å². The Labute approximate surface area is 142 Å². The van der Waals surface area contributed by atoms with Crippen LogP contribution in [0.1, 0.15) is 30.5 Å². The molecule has 2 N–H and O–H groups in total. The second-order valence-electron chi connectivity index (χ2n) is 5.60. The molecule has 2 aromatic rings. The predicted octanol–water partition coefficient (Wildman–Crippen LogP) is 2.50. The highest BCUT2D eigenvalue weighted by Crippen LogP contribution is 2.35. The number of aliphatic hydroxyl groups is 1. The maximum Gasteiger partial charge on any atom is 0.303 e. The number of carbonyl (C=O) groups is 2. The van der Waals surface area contributed by atoms with E-state index in [1.807, 2.05) is 35.0 Å². The molecule has 2 aromatic heterocycles. The van der Waals surface area contributed by atoms with Gasteiger partial charge in [-0.2, -0.15) is 0 Å². The van der Waals surface area contributed by atoms with E-state index >= 15 is 0 Å². The number of thiophene rings is 2. The summed E-state index contributed by atoms with van der Waals surface area (Å²) < 4.78 is 5.02. The number of rotatable bonds is 6. The van der Waals surface area contributed by atoms with Gasteiger partial charge >= 0.3 is 5.97 Å². The van der Waals surface area contributed by atoms with Gasteiger partial charge in [-0.05, 0) is 36.7 Å². The zero-order valence-corrected chi connectivity index (χ0v) is 14.8. The van der Waals surface area contributed by atoms with E-state index in [0.29, 0.717) is 0 Å². The fraction of sp³-hybridized carbons (Fsp3) is 0.375. The molecule has 0 spiro atoms. The lowest BCUT2D eigenvalue weighted by atomic mass is 9.99. The van der Waals surface area contributed by atoms with E-state index in [-0.39, 0.29) is 6.54 Å². The van der Waals surface area contributed by atoms with Crippen molar-refractivity contribution in [2.24, 2.45) is 0 Å².